The molecule has 0 aromatic heterocycles. The Labute approximate surface area is 127 Å². The first-order valence-electron chi connectivity index (χ1n) is 4.89. The molecule has 1 aliphatic heterocycles. The van der Waals surface area contributed by atoms with Crippen LogP contribution < -0.4 is 17.0 Å². The first kappa shape index (κ1) is 16.6. The summed E-state index contributed by atoms with van der Waals surface area (Å²) in [6, 6.07) is 9.49. The molecule has 2 amide bonds. The van der Waals surface area contributed by atoms with Gasteiger partial charge in [-0.3, -0.25) is 14.5 Å². The van der Waals surface area contributed by atoms with Crippen molar-refractivity contribution in [3.63, 3.8) is 0 Å². The predicted octanol–water partition coefficient (Wildman–Crippen LogP) is -1.98. The molecule has 0 bridgehead atoms. The number of amides is 2. The minimum Gasteiger partial charge on any atom is -1.00 e. The van der Waals surface area contributed by atoms with Crippen LogP contribution in [-0.4, -0.2) is 39.8 Å². The number of hydrogen-bond donors (Lipinski definition) is 0. The van der Waals surface area contributed by atoms with Crippen LogP contribution in [0.25, 0.3) is 0 Å². The third kappa shape index (κ3) is 3.79. The molecule has 3 nitrogen and oxygen atoms in total. The molecule has 17 heavy (non-hydrogen) atoms. The maximum Gasteiger partial charge on any atom is 2.00 e. The number of hydrogen-bond acceptors (Lipinski definition) is 2. The van der Waals surface area contributed by atoms with Crippen LogP contribution >= 0.6 is 0 Å². The van der Waals surface area contributed by atoms with E-state index >= 15 is 0 Å². The number of halogens is 1. The van der Waals surface area contributed by atoms with Gasteiger partial charge in [0.1, 0.15) is 0 Å². The van der Waals surface area contributed by atoms with Crippen LogP contribution in [0.2, 0.25) is 0 Å². The average molecular weight is 306 g/mol. The Morgan fingerprint density at radius 3 is 2.29 bits per heavy atom. The van der Waals surface area contributed by atoms with Crippen molar-refractivity contribution in [2.45, 2.75) is 13.0 Å². The fraction of sp³-hybridized carbons (Fsp3) is 0.250. The van der Waals surface area contributed by atoms with E-state index in [2.05, 4.69) is 6.92 Å². The number of rotatable bonds is 2. The fourth-order valence-electron chi connectivity index (χ4n) is 1.68. The zero-order valence-electron chi connectivity index (χ0n) is 9.43. The predicted molar refractivity (Wildman–Crippen MR) is 61.2 cm³/mol. The van der Waals surface area contributed by atoms with Gasteiger partial charge < -0.3 is 23.9 Å². The van der Waals surface area contributed by atoms with Crippen molar-refractivity contribution in [2.24, 2.45) is 5.92 Å². The molecule has 1 unspecified atom stereocenters. The summed E-state index contributed by atoms with van der Waals surface area (Å²) in [5.74, 6) is -0.686. The Morgan fingerprint density at radius 1 is 1.24 bits per heavy atom. The SMILES string of the molecule is [Br-].[CH2-]C1CC(=O)N(Cc2ccccc2)C1=O.[Mg+2]. The van der Waals surface area contributed by atoms with Gasteiger partial charge in [-0.15, -0.1) is 0 Å². The Morgan fingerprint density at radius 2 is 1.82 bits per heavy atom. The molecule has 0 aliphatic carbocycles. The van der Waals surface area contributed by atoms with Crippen molar-refractivity contribution in [2.75, 3.05) is 0 Å². The van der Waals surface area contributed by atoms with Crippen molar-refractivity contribution in [3.05, 3.63) is 42.8 Å². The van der Waals surface area contributed by atoms with E-state index in [0.717, 1.165) is 5.56 Å². The molecule has 0 saturated carbocycles. The summed E-state index contributed by atoms with van der Waals surface area (Å²) in [6.07, 6.45) is 0.242. The zero-order chi connectivity index (χ0) is 10.8. The van der Waals surface area contributed by atoms with Gasteiger partial charge in [-0.1, -0.05) is 36.2 Å². The maximum absolute atomic E-state index is 11.6. The summed E-state index contributed by atoms with van der Waals surface area (Å²) >= 11 is 0. The summed E-state index contributed by atoms with van der Waals surface area (Å²) in [5.41, 5.74) is 0.966. The van der Waals surface area contributed by atoms with E-state index in [0.29, 0.717) is 6.54 Å². The first-order valence-corrected chi connectivity index (χ1v) is 4.89. The third-order valence-corrected chi connectivity index (χ3v) is 2.52. The summed E-state index contributed by atoms with van der Waals surface area (Å²) in [4.78, 5) is 24.3. The second kappa shape index (κ2) is 7.13. The van der Waals surface area contributed by atoms with Gasteiger partial charge in [-0.05, 0) is 5.56 Å². The van der Waals surface area contributed by atoms with E-state index in [1.807, 2.05) is 30.3 Å². The number of carbonyl (C=O) groups is 2. The molecular weight excluding hydrogens is 294 g/mol. The minimum atomic E-state index is -0.402. The van der Waals surface area contributed by atoms with Gasteiger partial charge in [-0.25, -0.2) is 0 Å². The van der Waals surface area contributed by atoms with Crippen LogP contribution in [0.3, 0.4) is 0 Å². The molecule has 1 aromatic rings. The van der Waals surface area contributed by atoms with Crippen LogP contribution in [0.1, 0.15) is 12.0 Å². The third-order valence-electron chi connectivity index (χ3n) is 2.52. The normalized spacial score (nSPS) is 18.6. The van der Waals surface area contributed by atoms with Crippen LogP contribution in [0.4, 0.5) is 0 Å². The molecule has 1 aromatic carbocycles. The van der Waals surface area contributed by atoms with E-state index in [1.54, 1.807) is 0 Å². The van der Waals surface area contributed by atoms with Gasteiger partial charge in [0.05, 0.1) is 6.54 Å². The van der Waals surface area contributed by atoms with E-state index in [-0.39, 0.29) is 58.3 Å². The topological polar surface area (TPSA) is 37.4 Å². The van der Waals surface area contributed by atoms with Crippen molar-refractivity contribution in [1.82, 2.24) is 4.90 Å². The number of imide groups is 1. The molecule has 0 spiro atoms. The molecule has 1 fully saturated rings. The van der Waals surface area contributed by atoms with Crippen LogP contribution in [0, 0.1) is 12.8 Å². The molecule has 2 rings (SSSR count). The molecule has 1 heterocycles. The number of benzene rings is 1. The van der Waals surface area contributed by atoms with Gasteiger partial charge in [0, 0.05) is 6.42 Å². The maximum atomic E-state index is 11.6. The van der Waals surface area contributed by atoms with Gasteiger partial charge in [-0.2, -0.15) is 0 Å². The van der Waals surface area contributed by atoms with Crippen LogP contribution in [0.5, 0.6) is 0 Å². The van der Waals surface area contributed by atoms with Gasteiger partial charge in [0.2, 0.25) is 11.8 Å². The summed E-state index contributed by atoms with van der Waals surface area (Å²) in [6.45, 7) is 4.01. The molecule has 86 valence electrons. The smallest absolute Gasteiger partial charge is 1.00 e. The molecule has 1 saturated heterocycles. The minimum absolute atomic E-state index is 0. The Kier molecular flexibility index (Phi) is 6.97. The Hall–Kier alpha value is -0.394. The quantitative estimate of drug-likeness (QED) is 0.361. The van der Waals surface area contributed by atoms with Crippen molar-refractivity contribution >= 4 is 34.9 Å². The molecular formula is C12H12BrMgNO2. The van der Waals surface area contributed by atoms with Crippen molar-refractivity contribution in [3.8, 4) is 0 Å². The van der Waals surface area contributed by atoms with Crippen LogP contribution in [0.15, 0.2) is 30.3 Å². The Balaban J connectivity index is 0.00000128. The van der Waals surface area contributed by atoms with E-state index in [9.17, 15) is 9.59 Å². The molecule has 0 N–H and O–H groups in total. The largest absolute Gasteiger partial charge is 2.00 e. The zero-order valence-corrected chi connectivity index (χ0v) is 12.4. The van der Waals surface area contributed by atoms with Crippen molar-refractivity contribution < 1.29 is 26.6 Å². The molecule has 0 radical (unpaired) electrons. The number of likely N-dealkylation sites (tertiary alicyclic amines) is 1. The molecule has 1 aliphatic rings. The summed E-state index contributed by atoms with van der Waals surface area (Å²) in [5, 5.41) is 0. The number of nitrogens with zero attached hydrogens (tertiary/aromatic N) is 1. The monoisotopic (exact) mass is 305 g/mol. The van der Waals surface area contributed by atoms with Gasteiger partial charge >= 0.3 is 23.1 Å². The first-order chi connectivity index (χ1) is 7.18. The molecule has 5 heteroatoms. The second-order valence-corrected chi connectivity index (χ2v) is 3.70. The summed E-state index contributed by atoms with van der Waals surface area (Å²) in [7, 11) is 0. The standard InChI is InChI=1S/C12H12NO2.BrH.Mg/c1-9-7-11(14)13(12(9)15)8-10-5-3-2-4-6-10;;/h2-6,9H,1,7-8H2;1H;/q-1;;+2/p-1. The van der Waals surface area contributed by atoms with E-state index in [1.165, 1.54) is 4.90 Å². The van der Waals surface area contributed by atoms with Gasteiger partial charge in [0.25, 0.3) is 0 Å². The van der Waals surface area contributed by atoms with E-state index < -0.39 is 5.92 Å². The van der Waals surface area contributed by atoms with Crippen LogP contribution in [-0.2, 0) is 16.1 Å². The molecule has 1 atom stereocenters. The average Bonchev–Trinajstić information content (AvgIpc) is 2.47. The number of carbonyl (C=O) groups excluding carboxylic acids is 2. The Bertz CT molecular complexity index is 397. The van der Waals surface area contributed by atoms with Crippen molar-refractivity contribution in [1.29, 1.82) is 0 Å². The fourth-order valence-corrected chi connectivity index (χ4v) is 1.68. The van der Waals surface area contributed by atoms with Gasteiger partial charge in [0.15, 0.2) is 0 Å². The van der Waals surface area contributed by atoms with E-state index in [4.69, 9.17) is 0 Å². The second-order valence-electron chi connectivity index (χ2n) is 3.70. The summed E-state index contributed by atoms with van der Waals surface area (Å²) < 4.78 is 0.